The van der Waals surface area contributed by atoms with Crippen LogP contribution in [0.2, 0.25) is 0 Å². The van der Waals surface area contributed by atoms with Gasteiger partial charge in [0.2, 0.25) is 11.8 Å². The molecule has 5 heteroatoms. The molecule has 3 aliphatic rings. The van der Waals surface area contributed by atoms with Crippen molar-refractivity contribution in [1.29, 1.82) is 0 Å². The van der Waals surface area contributed by atoms with Gasteiger partial charge in [-0.05, 0) is 25.7 Å². The van der Waals surface area contributed by atoms with Crippen LogP contribution >= 0.6 is 0 Å². The molecule has 2 heterocycles. The number of hydrogen-bond acceptors (Lipinski definition) is 3. The lowest BCUT2D eigenvalue weighted by Crippen LogP contribution is -2.38. The third-order valence-electron chi connectivity index (χ3n) is 5.16. The molecule has 2 saturated heterocycles. The molecule has 1 unspecified atom stereocenters. The van der Waals surface area contributed by atoms with E-state index in [0.29, 0.717) is 38.1 Å². The van der Waals surface area contributed by atoms with Gasteiger partial charge in [-0.2, -0.15) is 0 Å². The zero-order valence-corrected chi connectivity index (χ0v) is 12.7. The average Bonchev–Trinajstić information content (AvgIpc) is 3.15. The molecule has 118 valence electrons. The lowest BCUT2D eigenvalue weighted by molar-refractivity contribution is -0.130. The number of ether oxygens (including phenoxy) is 1. The van der Waals surface area contributed by atoms with E-state index in [1.165, 1.54) is 12.8 Å². The van der Waals surface area contributed by atoms with Crippen LogP contribution in [0, 0.1) is 11.8 Å². The second kappa shape index (κ2) is 6.77. The van der Waals surface area contributed by atoms with E-state index in [-0.39, 0.29) is 17.7 Å². The summed E-state index contributed by atoms with van der Waals surface area (Å²) in [4.78, 5) is 26.3. The molecule has 0 aromatic heterocycles. The fraction of sp³-hybridized carbons (Fsp3) is 0.875. The number of rotatable bonds is 4. The minimum atomic E-state index is 0.0989. The number of likely N-dealkylation sites (tertiary alicyclic amines) is 1. The number of amides is 2. The Hall–Kier alpha value is -1.10. The molecule has 1 N–H and O–H groups in total. The van der Waals surface area contributed by atoms with Crippen molar-refractivity contribution >= 4 is 11.8 Å². The predicted octanol–water partition coefficient (Wildman–Crippen LogP) is 1.32. The summed E-state index contributed by atoms with van der Waals surface area (Å²) in [5.41, 5.74) is 0. The number of nitrogens with zero attached hydrogens (tertiary/aromatic N) is 1. The second-order valence-electron chi connectivity index (χ2n) is 6.69. The number of nitrogens with one attached hydrogen (secondary N) is 1. The van der Waals surface area contributed by atoms with Crippen LogP contribution in [-0.2, 0) is 14.3 Å². The molecule has 0 spiro atoms. The third-order valence-corrected chi connectivity index (χ3v) is 5.16. The molecule has 21 heavy (non-hydrogen) atoms. The number of hydrogen-bond donors (Lipinski definition) is 1. The van der Waals surface area contributed by atoms with Gasteiger partial charge >= 0.3 is 0 Å². The molecule has 2 amide bonds. The van der Waals surface area contributed by atoms with Gasteiger partial charge < -0.3 is 15.0 Å². The van der Waals surface area contributed by atoms with E-state index in [9.17, 15) is 9.59 Å². The minimum absolute atomic E-state index is 0.0989. The van der Waals surface area contributed by atoms with E-state index in [4.69, 9.17) is 4.74 Å². The van der Waals surface area contributed by atoms with Crippen LogP contribution in [0.25, 0.3) is 0 Å². The first-order chi connectivity index (χ1) is 10.2. The van der Waals surface area contributed by atoms with Gasteiger partial charge in [-0.3, -0.25) is 9.59 Å². The van der Waals surface area contributed by atoms with Crippen LogP contribution in [0.1, 0.15) is 44.9 Å². The molecule has 5 nitrogen and oxygen atoms in total. The zero-order valence-electron chi connectivity index (χ0n) is 12.7. The Morgan fingerprint density at radius 2 is 1.90 bits per heavy atom. The number of carbonyl (C=O) groups is 2. The van der Waals surface area contributed by atoms with Gasteiger partial charge in [-0.1, -0.05) is 12.8 Å². The molecule has 0 bridgehead atoms. The summed E-state index contributed by atoms with van der Waals surface area (Å²) in [5, 5.41) is 3.05. The largest absolute Gasteiger partial charge is 0.381 e. The molecule has 0 aromatic carbocycles. The van der Waals surface area contributed by atoms with Crippen molar-refractivity contribution in [2.45, 2.75) is 51.0 Å². The third kappa shape index (κ3) is 3.57. The Balaban J connectivity index is 1.43. The summed E-state index contributed by atoms with van der Waals surface area (Å²) in [6, 6.07) is 0.466. The van der Waals surface area contributed by atoms with Crippen molar-refractivity contribution in [2.24, 2.45) is 11.8 Å². The standard InChI is InChI=1S/C16H26N2O3/c19-15-9-12(11-18(15)14-3-1-2-4-14)10-17-16(20)13-5-7-21-8-6-13/h12-14H,1-11H2,(H,17,20). The van der Waals surface area contributed by atoms with Crippen LogP contribution in [0.15, 0.2) is 0 Å². The molecule has 1 saturated carbocycles. The molecule has 3 rings (SSSR count). The highest BCUT2D eigenvalue weighted by molar-refractivity contribution is 5.80. The highest BCUT2D eigenvalue weighted by Crippen LogP contribution is 2.29. The summed E-state index contributed by atoms with van der Waals surface area (Å²) < 4.78 is 5.28. The smallest absolute Gasteiger partial charge is 0.223 e. The van der Waals surface area contributed by atoms with Crippen molar-refractivity contribution in [2.75, 3.05) is 26.3 Å². The Bertz CT molecular complexity index is 387. The van der Waals surface area contributed by atoms with E-state index in [1.54, 1.807) is 0 Å². The first-order valence-electron chi connectivity index (χ1n) is 8.39. The Labute approximate surface area is 126 Å². The second-order valence-corrected chi connectivity index (χ2v) is 6.69. The average molecular weight is 294 g/mol. The molecule has 0 aromatic rings. The maximum atomic E-state index is 12.1. The van der Waals surface area contributed by atoms with Gasteiger partial charge in [0.05, 0.1) is 0 Å². The first-order valence-corrected chi connectivity index (χ1v) is 8.39. The van der Waals surface area contributed by atoms with E-state index < -0.39 is 0 Å². The summed E-state index contributed by atoms with van der Waals surface area (Å²) in [5.74, 6) is 0.820. The van der Waals surface area contributed by atoms with Gasteiger partial charge in [0.15, 0.2) is 0 Å². The fourth-order valence-electron chi connectivity index (χ4n) is 3.86. The maximum Gasteiger partial charge on any atom is 0.223 e. The van der Waals surface area contributed by atoms with Crippen LogP contribution in [0.4, 0.5) is 0 Å². The quantitative estimate of drug-likeness (QED) is 0.851. The van der Waals surface area contributed by atoms with E-state index >= 15 is 0 Å². The van der Waals surface area contributed by atoms with Crippen LogP contribution in [-0.4, -0.2) is 49.1 Å². The monoisotopic (exact) mass is 294 g/mol. The minimum Gasteiger partial charge on any atom is -0.381 e. The van der Waals surface area contributed by atoms with E-state index in [2.05, 4.69) is 10.2 Å². The molecule has 0 radical (unpaired) electrons. The molecular formula is C16H26N2O3. The fourth-order valence-corrected chi connectivity index (χ4v) is 3.86. The molecule has 2 aliphatic heterocycles. The molecule has 3 fully saturated rings. The summed E-state index contributed by atoms with van der Waals surface area (Å²) in [7, 11) is 0. The van der Waals surface area contributed by atoms with Crippen LogP contribution < -0.4 is 5.32 Å². The van der Waals surface area contributed by atoms with Gasteiger partial charge in [0.25, 0.3) is 0 Å². The van der Waals surface area contributed by atoms with Crippen molar-refractivity contribution in [1.82, 2.24) is 10.2 Å². The summed E-state index contributed by atoms with van der Waals surface area (Å²) >= 11 is 0. The Morgan fingerprint density at radius 1 is 1.19 bits per heavy atom. The highest BCUT2D eigenvalue weighted by Gasteiger charge is 2.35. The Kier molecular flexibility index (Phi) is 4.78. The van der Waals surface area contributed by atoms with Crippen LogP contribution in [0.5, 0.6) is 0 Å². The molecule has 1 atom stereocenters. The van der Waals surface area contributed by atoms with E-state index in [0.717, 1.165) is 32.2 Å². The van der Waals surface area contributed by atoms with Gasteiger partial charge in [0.1, 0.15) is 0 Å². The van der Waals surface area contributed by atoms with Crippen molar-refractivity contribution in [3.05, 3.63) is 0 Å². The summed E-state index contributed by atoms with van der Waals surface area (Å²) in [6.45, 7) is 2.85. The normalized spacial score (nSPS) is 28.3. The van der Waals surface area contributed by atoms with E-state index in [1.807, 2.05) is 0 Å². The Morgan fingerprint density at radius 3 is 2.62 bits per heavy atom. The maximum absolute atomic E-state index is 12.1. The lowest BCUT2D eigenvalue weighted by atomic mass is 9.99. The first kappa shape index (κ1) is 14.8. The number of carbonyl (C=O) groups excluding carboxylic acids is 2. The van der Waals surface area contributed by atoms with Crippen LogP contribution in [0.3, 0.4) is 0 Å². The molecule has 1 aliphatic carbocycles. The predicted molar refractivity (Wildman–Crippen MR) is 78.6 cm³/mol. The SMILES string of the molecule is O=C(NCC1CC(=O)N(C2CCCC2)C1)C1CCOCC1. The zero-order chi connectivity index (χ0) is 14.7. The summed E-state index contributed by atoms with van der Waals surface area (Å²) in [6.07, 6.45) is 7.07. The van der Waals surface area contributed by atoms with Crippen molar-refractivity contribution in [3.63, 3.8) is 0 Å². The topological polar surface area (TPSA) is 58.6 Å². The lowest BCUT2D eigenvalue weighted by Gasteiger charge is -2.24. The van der Waals surface area contributed by atoms with Crippen molar-refractivity contribution < 1.29 is 14.3 Å². The van der Waals surface area contributed by atoms with Gasteiger partial charge in [-0.25, -0.2) is 0 Å². The highest BCUT2D eigenvalue weighted by atomic mass is 16.5. The van der Waals surface area contributed by atoms with Crippen molar-refractivity contribution in [3.8, 4) is 0 Å². The molecular weight excluding hydrogens is 268 g/mol. The van der Waals surface area contributed by atoms with Gasteiger partial charge in [-0.15, -0.1) is 0 Å². The van der Waals surface area contributed by atoms with Gasteiger partial charge in [0, 0.05) is 50.6 Å².